The van der Waals surface area contributed by atoms with Crippen LogP contribution in [0.5, 0.6) is 11.5 Å². The van der Waals surface area contributed by atoms with Crippen LogP contribution in [0.25, 0.3) is 0 Å². The molecule has 2 rings (SSSR count). The lowest BCUT2D eigenvalue weighted by atomic mass is 9.80. The first kappa shape index (κ1) is 18.0. The number of hydrogen-bond donors (Lipinski definition) is 1. The van der Waals surface area contributed by atoms with Gasteiger partial charge in [-0.3, -0.25) is 14.9 Å². The molecular formula is C16H23N3O5. The van der Waals surface area contributed by atoms with Crippen LogP contribution >= 0.6 is 0 Å². The highest BCUT2D eigenvalue weighted by Crippen LogP contribution is 2.31. The standard InChI is InChI=1S/C16H23N3O5/c1-16(2)10-18(7-6-14(16)17)15(20)9-24-11-4-5-12(19(21)22)13(8-11)23-3/h4-5,8,14H,6-7,9-10,17H2,1-3H3. The quantitative estimate of drug-likeness (QED) is 0.645. The van der Waals surface area contributed by atoms with Crippen molar-refractivity contribution in [3.05, 3.63) is 28.3 Å². The Bertz CT molecular complexity index is 632. The molecule has 1 fully saturated rings. The average molecular weight is 337 g/mol. The van der Waals surface area contributed by atoms with Crippen LogP contribution in [0.1, 0.15) is 20.3 Å². The van der Waals surface area contributed by atoms with Crippen molar-refractivity contribution in [2.24, 2.45) is 11.1 Å². The lowest BCUT2D eigenvalue weighted by molar-refractivity contribution is -0.385. The summed E-state index contributed by atoms with van der Waals surface area (Å²) in [6, 6.07) is 4.22. The number of carbonyl (C=O) groups is 1. The number of likely N-dealkylation sites (tertiary alicyclic amines) is 1. The van der Waals surface area contributed by atoms with Crippen molar-refractivity contribution in [2.45, 2.75) is 26.3 Å². The van der Waals surface area contributed by atoms with E-state index in [2.05, 4.69) is 0 Å². The average Bonchev–Trinajstić information content (AvgIpc) is 2.54. The van der Waals surface area contributed by atoms with Gasteiger partial charge in [-0.15, -0.1) is 0 Å². The van der Waals surface area contributed by atoms with E-state index in [4.69, 9.17) is 15.2 Å². The second kappa shape index (κ2) is 7.04. The molecule has 132 valence electrons. The van der Waals surface area contributed by atoms with Gasteiger partial charge in [0.25, 0.3) is 5.91 Å². The van der Waals surface area contributed by atoms with Crippen molar-refractivity contribution in [1.82, 2.24) is 4.90 Å². The number of ether oxygens (including phenoxy) is 2. The maximum Gasteiger partial charge on any atom is 0.311 e. The number of nitro groups is 1. The van der Waals surface area contributed by atoms with Gasteiger partial charge in [-0.1, -0.05) is 13.8 Å². The second-order valence-corrected chi connectivity index (χ2v) is 6.58. The molecule has 1 atom stereocenters. The normalized spacial score (nSPS) is 19.7. The molecule has 1 saturated heterocycles. The highest BCUT2D eigenvalue weighted by Gasteiger charge is 2.35. The number of rotatable bonds is 5. The molecule has 2 N–H and O–H groups in total. The van der Waals surface area contributed by atoms with Gasteiger partial charge in [0.2, 0.25) is 5.75 Å². The molecular weight excluding hydrogens is 314 g/mol. The Labute approximate surface area is 140 Å². The van der Waals surface area contributed by atoms with Crippen molar-refractivity contribution >= 4 is 11.6 Å². The molecule has 0 spiro atoms. The first-order valence-corrected chi connectivity index (χ1v) is 7.73. The van der Waals surface area contributed by atoms with Gasteiger partial charge in [0.1, 0.15) is 5.75 Å². The van der Waals surface area contributed by atoms with Crippen LogP contribution < -0.4 is 15.2 Å². The summed E-state index contributed by atoms with van der Waals surface area (Å²) in [4.78, 5) is 24.4. The third-order valence-corrected chi connectivity index (χ3v) is 4.38. The van der Waals surface area contributed by atoms with Crippen molar-refractivity contribution in [2.75, 3.05) is 26.8 Å². The highest BCUT2D eigenvalue weighted by atomic mass is 16.6. The first-order valence-electron chi connectivity index (χ1n) is 7.73. The lowest BCUT2D eigenvalue weighted by Crippen LogP contribution is -2.54. The molecule has 0 aromatic heterocycles. The first-order chi connectivity index (χ1) is 11.2. The molecule has 8 heteroatoms. The molecule has 0 bridgehead atoms. The smallest absolute Gasteiger partial charge is 0.311 e. The fraction of sp³-hybridized carbons (Fsp3) is 0.562. The maximum atomic E-state index is 12.3. The zero-order valence-corrected chi connectivity index (χ0v) is 14.2. The van der Waals surface area contributed by atoms with Crippen LogP contribution in [-0.2, 0) is 4.79 Å². The Morgan fingerprint density at radius 3 is 2.79 bits per heavy atom. The van der Waals surface area contributed by atoms with E-state index in [0.717, 1.165) is 6.42 Å². The van der Waals surface area contributed by atoms with Crippen LogP contribution in [0, 0.1) is 15.5 Å². The molecule has 1 aliphatic rings. The van der Waals surface area contributed by atoms with Gasteiger partial charge in [0.15, 0.2) is 6.61 Å². The zero-order chi connectivity index (χ0) is 17.9. The minimum atomic E-state index is -0.535. The largest absolute Gasteiger partial charge is 0.490 e. The van der Waals surface area contributed by atoms with E-state index in [1.54, 1.807) is 4.90 Å². The van der Waals surface area contributed by atoms with Crippen LogP contribution in [-0.4, -0.2) is 48.6 Å². The second-order valence-electron chi connectivity index (χ2n) is 6.58. The maximum absolute atomic E-state index is 12.3. The van der Waals surface area contributed by atoms with Gasteiger partial charge in [-0.05, 0) is 17.9 Å². The fourth-order valence-corrected chi connectivity index (χ4v) is 2.72. The van der Waals surface area contributed by atoms with Crippen molar-refractivity contribution in [3.63, 3.8) is 0 Å². The molecule has 1 heterocycles. The van der Waals surface area contributed by atoms with E-state index in [1.807, 2.05) is 13.8 Å². The van der Waals surface area contributed by atoms with Crippen molar-refractivity contribution in [1.29, 1.82) is 0 Å². The molecule has 1 amide bonds. The van der Waals surface area contributed by atoms with Gasteiger partial charge in [0, 0.05) is 31.3 Å². The molecule has 1 aromatic rings. The Morgan fingerprint density at radius 2 is 2.21 bits per heavy atom. The van der Waals surface area contributed by atoms with Gasteiger partial charge >= 0.3 is 5.69 Å². The SMILES string of the molecule is COc1cc(OCC(=O)N2CCC(N)C(C)(C)C2)ccc1[N+](=O)[O-]. The number of nitrogens with zero attached hydrogens (tertiary/aromatic N) is 2. The predicted molar refractivity (Wildman–Crippen MR) is 88.1 cm³/mol. The van der Waals surface area contributed by atoms with Crippen LogP contribution in [0.2, 0.25) is 0 Å². The summed E-state index contributed by atoms with van der Waals surface area (Å²) in [6.07, 6.45) is 0.754. The molecule has 0 aliphatic carbocycles. The van der Waals surface area contributed by atoms with Gasteiger partial charge in [0.05, 0.1) is 12.0 Å². The third kappa shape index (κ3) is 3.94. The monoisotopic (exact) mass is 337 g/mol. The van der Waals surface area contributed by atoms with E-state index in [9.17, 15) is 14.9 Å². The summed E-state index contributed by atoms with van der Waals surface area (Å²) in [6.45, 7) is 5.14. The predicted octanol–water partition coefficient (Wildman–Crippen LogP) is 1.57. The van der Waals surface area contributed by atoms with E-state index < -0.39 is 4.92 Å². The molecule has 24 heavy (non-hydrogen) atoms. The number of nitro benzene ring substituents is 1. The van der Waals surface area contributed by atoms with E-state index in [1.165, 1.54) is 25.3 Å². The Morgan fingerprint density at radius 1 is 1.50 bits per heavy atom. The molecule has 1 aromatic carbocycles. The minimum absolute atomic E-state index is 0.0707. The Hall–Kier alpha value is -2.35. The number of benzene rings is 1. The number of piperidine rings is 1. The molecule has 0 radical (unpaired) electrons. The Balaban J connectivity index is 1.98. The fourth-order valence-electron chi connectivity index (χ4n) is 2.72. The number of hydrogen-bond acceptors (Lipinski definition) is 6. The number of carbonyl (C=O) groups excluding carboxylic acids is 1. The summed E-state index contributed by atoms with van der Waals surface area (Å²) in [5.74, 6) is 0.307. The van der Waals surface area contributed by atoms with E-state index >= 15 is 0 Å². The molecule has 1 aliphatic heterocycles. The summed E-state index contributed by atoms with van der Waals surface area (Å²) in [5, 5.41) is 10.9. The number of nitrogens with two attached hydrogens (primary N) is 1. The van der Waals surface area contributed by atoms with Crippen molar-refractivity contribution in [3.8, 4) is 11.5 Å². The van der Waals surface area contributed by atoms with Crippen LogP contribution in [0.4, 0.5) is 5.69 Å². The van der Waals surface area contributed by atoms with Crippen molar-refractivity contribution < 1.29 is 19.2 Å². The molecule has 0 saturated carbocycles. The topological polar surface area (TPSA) is 108 Å². The van der Waals surface area contributed by atoms with Gasteiger partial charge in [-0.25, -0.2) is 0 Å². The lowest BCUT2D eigenvalue weighted by Gasteiger charge is -2.42. The van der Waals surface area contributed by atoms with Gasteiger partial charge in [-0.2, -0.15) is 0 Å². The molecule has 1 unspecified atom stereocenters. The van der Waals surface area contributed by atoms with E-state index in [0.29, 0.717) is 18.8 Å². The molecule has 8 nitrogen and oxygen atoms in total. The third-order valence-electron chi connectivity index (χ3n) is 4.38. The number of amides is 1. The van der Waals surface area contributed by atoms with E-state index in [-0.39, 0.29) is 35.4 Å². The minimum Gasteiger partial charge on any atom is -0.490 e. The summed E-state index contributed by atoms with van der Waals surface area (Å²) >= 11 is 0. The Kier molecular flexibility index (Phi) is 5.28. The highest BCUT2D eigenvalue weighted by molar-refractivity contribution is 5.78. The summed E-state index contributed by atoms with van der Waals surface area (Å²) in [7, 11) is 1.34. The summed E-state index contributed by atoms with van der Waals surface area (Å²) in [5.41, 5.74) is 5.79. The van der Waals surface area contributed by atoms with Gasteiger partial charge < -0.3 is 20.1 Å². The van der Waals surface area contributed by atoms with Crippen LogP contribution in [0.15, 0.2) is 18.2 Å². The summed E-state index contributed by atoms with van der Waals surface area (Å²) < 4.78 is 10.4. The van der Waals surface area contributed by atoms with Crippen LogP contribution in [0.3, 0.4) is 0 Å². The zero-order valence-electron chi connectivity index (χ0n) is 14.2. The number of methoxy groups -OCH3 is 1.